The molecule has 194 valence electrons. The molecule has 1 N–H and O–H groups in total. The summed E-state index contributed by atoms with van der Waals surface area (Å²) in [5, 5.41) is 3.51. The topological polar surface area (TPSA) is 91.8 Å². The second-order valence-corrected chi connectivity index (χ2v) is 11.1. The van der Waals surface area contributed by atoms with Gasteiger partial charge in [-0.05, 0) is 75.1 Å². The first-order valence-corrected chi connectivity index (χ1v) is 13.1. The second kappa shape index (κ2) is 11.1. The summed E-state index contributed by atoms with van der Waals surface area (Å²) < 4.78 is 5.27. The van der Waals surface area contributed by atoms with Crippen molar-refractivity contribution in [2.24, 2.45) is 0 Å². The van der Waals surface area contributed by atoms with Crippen molar-refractivity contribution in [3.05, 3.63) is 76.4 Å². The highest BCUT2D eigenvalue weighted by Crippen LogP contribution is 2.33. The summed E-state index contributed by atoms with van der Waals surface area (Å²) in [6.45, 7) is 8.98. The number of carbonyl (C=O) groups is 3. The van der Waals surface area contributed by atoms with Crippen LogP contribution in [0.4, 0.5) is 20.3 Å². The molecule has 1 aliphatic heterocycles. The van der Waals surface area contributed by atoms with Gasteiger partial charge in [-0.2, -0.15) is 0 Å². The van der Waals surface area contributed by atoms with Crippen molar-refractivity contribution in [2.45, 2.75) is 52.7 Å². The number of ether oxygens (including phenoxy) is 1. The molecule has 3 heterocycles. The fourth-order valence-electron chi connectivity index (χ4n) is 4.06. The molecule has 3 aromatic rings. The van der Waals surface area contributed by atoms with Gasteiger partial charge in [0.15, 0.2) is 5.78 Å². The van der Waals surface area contributed by atoms with Crippen LogP contribution in [-0.2, 0) is 17.7 Å². The van der Waals surface area contributed by atoms with E-state index >= 15 is 0 Å². The highest BCUT2D eigenvalue weighted by molar-refractivity contribution is 7.18. The van der Waals surface area contributed by atoms with Gasteiger partial charge in [-0.3, -0.25) is 20.0 Å². The van der Waals surface area contributed by atoms with Crippen LogP contribution in [0.25, 0.3) is 0 Å². The number of nitrogens with zero attached hydrogens (tertiary/aromatic N) is 3. The number of anilines is 2. The Kier molecular flexibility index (Phi) is 7.92. The Hall–Kier alpha value is -3.72. The molecule has 0 atom stereocenters. The summed E-state index contributed by atoms with van der Waals surface area (Å²) in [5.41, 5.74) is 2.95. The van der Waals surface area contributed by atoms with E-state index in [0.717, 1.165) is 21.7 Å². The second-order valence-electron chi connectivity index (χ2n) is 10.1. The summed E-state index contributed by atoms with van der Waals surface area (Å²) in [6, 6.07) is 13.1. The standard InChI is InChI=1S/C28H32N4O4S/c1-19-16-24(37-25(19)23(33)12-9-20-6-5-13-29-17-20)32-15-14-31(27(32)35)18-21-7-10-22(11-8-21)30-26(34)36-28(2,3)4/h5-8,10-11,13,16-17H,9,12,14-15,18H2,1-4H3,(H,30,34). The van der Waals surface area contributed by atoms with Gasteiger partial charge in [-0.25, -0.2) is 9.59 Å². The molecule has 3 amide bonds. The van der Waals surface area contributed by atoms with E-state index in [1.807, 2.05) is 58.0 Å². The third kappa shape index (κ3) is 6.95. The summed E-state index contributed by atoms with van der Waals surface area (Å²) >= 11 is 1.38. The van der Waals surface area contributed by atoms with Gasteiger partial charge in [-0.15, -0.1) is 11.3 Å². The van der Waals surface area contributed by atoms with Crippen LogP contribution in [0.15, 0.2) is 54.9 Å². The van der Waals surface area contributed by atoms with E-state index in [1.54, 1.807) is 34.3 Å². The molecule has 0 radical (unpaired) electrons. The maximum atomic E-state index is 13.1. The molecule has 0 spiro atoms. The number of hydrogen-bond donors (Lipinski definition) is 1. The molecule has 37 heavy (non-hydrogen) atoms. The molecule has 0 saturated carbocycles. The molecule has 1 aliphatic rings. The van der Waals surface area contributed by atoms with Crippen molar-refractivity contribution in [3.63, 3.8) is 0 Å². The number of urea groups is 1. The Morgan fingerprint density at radius 3 is 2.54 bits per heavy atom. The first-order valence-electron chi connectivity index (χ1n) is 12.3. The average molecular weight is 521 g/mol. The zero-order valence-electron chi connectivity index (χ0n) is 21.6. The van der Waals surface area contributed by atoms with Gasteiger partial charge >= 0.3 is 12.1 Å². The molecule has 0 aliphatic carbocycles. The third-order valence-electron chi connectivity index (χ3n) is 5.86. The molecule has 8 nitrogen and oxygen atoms in total. The van der Waals surface area contributed by atoms with Crippen LogP contribution < -0.4 is 10.2 Å². The normalized spacial score (nSPS) is 13.7. The quantitative estimate of drug-likeness (QED) is 0.365. The molecule has 4 rings (SSSR count). The molecular formula is C28H32N4O4S. The van der Waals surface area contributed by atoms with Crippen LogP contribution in [0.5, 0.6) is 0 Å². The fraction of sp³-hybridized carbons (Fsp3) is 0.357. The van der Waals surface area contributed by atoms with Crippen LogP contribution in [0.3, 0.4) is 0 Å². The molecule has 0 bridgehead atoms. The van der Waals surface area contributed by atoms with Crippen LogP contribution in [0, 0.1) is 6.92 Å². The summed E-state index contributed by atoms with van der Waals surface area (Å²) in [4.78, 5) is 46.3. The minimum absolute atomic E-state index is 0.0773. The molecule has 9 heteroatoms. The van der Waals surface area contributed by atoms with E-state index in [1.165, 1.54) is 11.3 Å². The van der Waals surface area contributed by atoms with Gasteiger partial charge < -0.3 is 9.64 Å². The molecule has 1 aromatic carbocycles. The van der Waals surface area contributed by atoms with Crippen LogP contribution in [-0.4, -0.2) is 46.5 Å². The van der Waals surface area contributed by atoms with Gasteiger partial charge in [0.1, 0.15) is 5.60 Å². The summed E-state index contributed by atoms with van der Waals surface area (Å²) in [6.07, 6.45) is 4.04. The van der Waals surface area contributed by atoms with Crippen molar-refractivity contribution >= 4 is 39.9 Å². The Bertz CT molecular complexity index is 1270. The van der Waals surface area contributed by atoms with Crippen LogP contribution in [0.2, 0.25) is 0 Å². The Morgan fingerprint density at radius 2 is 1.86 bits per heavy atom. The van der Waals surface area contributed by atoms with E-state index in [2.05, 4.69) is 10.3 Å². The molecule has 1 saturated heterocycles. The number of rotatable bonds is 8. The lowest BCUT2D eigenvalue weighted by molar-refractivity contribution is 0.0635. The molecule has 2 aromatic heterocycles. The first kappa shape index (κ1) is 26.3. The number of pyridine rings is 1. The largest absolute Gasteiger partial charge is 0.444 e. The predicted octanol–water partition coefficient (Wildman–Crippen LogP) is 6.06. The molecule has 0 unspecified atom stereocenters. The number of carbonyl (C=O) groups excluding carboxylic acids is 3. The average Bonchev–Trinajstić information content (AvgIpc) is 3.40. The number of thiophene rings is 1. The number of aromatic nitrogens is 1. The number of aryl methyl sites for hydroxylation is 2. The summed E-state index contributed by atoms with van der Waals surface area (Å²) in [7, 11) is 0. The lowest BCUT2D eigenvalue weighted by Gasteiger charge is -2.20. The monoisotopic (exact) mass is 520 g/mol. The Morgan fingerprint density at radius 1 is 1.11 bits per heavy atom. The maximum absolute atomic E-state index is 13.1. The minimum atomic E-state index is -0.568. The number of ketones is 1. The van der Waals surface area contributed by atoms with Crippen molar-refractivity contribution in [2.75, 3.05) is 23.3 Å². The minimum Gasteiger partial charge on any atom is -0.444 e. The van der Waals surface area contributed by atoms with Crippen LogP contribution >= 0.6 is 11.3 Å². The van der Waals surface area contributed by atoms with Crippen molar-refractivity contribution in [3.8, 4) is 0 Å². The number of benzene rings is 1. The van der Waals surface area contributed by atoms with Crippen molar-refractivity contribution in [1.29, 1.82) is 0 Å². The molecular weight excluding hydrogens is 488 g/mol. The number of hydrogen-bond acceptors (Lipinski definition) is 6. The van der Waals surface area contributed by atoms with Gasteiger partial charge in [0.2, 0.25) is 0 Å². The van der Waals surface area contributed by atoms with E-state index < -0.39 is 11.7 Å². The van der Waals surface area contributed by atoms with E-state index in [-0.39, 0.29) is 11.8 Å². The Balaban J connectivity index is 1.33. The number of amides is 3. The highest BCUT2D eigenvalue weighted by atomic mass is 32.1. The lowest BCUT2D eigenvalue weighted by Crippen LogP contribution is -2.31. The molecule has 1 fully saturated rings. The first-order chi connectivity index (χ1) is 17.6. The third-order valence-corrected chi connectivity index (χ3v) is 7.16. The van der Waals surface area contributed by atoms with Gasteiger partial charge in [0.05, 0.1) is 9.88 Å². The highest BCUT2D eigenvalue weighted by Gasteiger charge is 2.31. The van der Waals surface area contributed by atoms with Gasteiger partial charge in [-0.1, -0.05) is 18.2 Å². The fourth-order valence-corrected chi connectivity index (χ4v) is 5.22. The zero-order valence-corrected chi connectivity index (χ0v) is 22.4. The van der Waals surface area contributed by atoms with E-state index in [9.17, 15) is 14.4 Å². The summed E-state index contributed by atoms with van der Waals surface area (Å²) in [5.74, 6) is 0.0844. The Labute approximate surface area is 221 Å². The van der Waals surface area contributed by atoms with Crippen molar-refractivity contribution in [1.82, 2.24) is 9.88 Å². The van der Waals surface area contributed by atoms with Crippen molar-refractivity contribution < 1.29 is 19.1 Å². The van der Waals surface area contributed by atoms with Gasteiger partial charge in [0.25, 0.3) is 0 Å². The number of Topliss-reactive ketones (excluding diaryl/α,β-unsaturated/α-hetero) is 1. The predicted molar refractivity (Wildman–Crippen MR) is 145 cm³/mol. The van der Waals surface area contributed by atoms with Crippen LogP contribution in [0.1, 0.15) is 53.6 Å². The SMILES string of the molecule is Cc1cc(N2CCN(Cc3ccc(NC(=O)OC(C)(C)C)cc3)C2=O)sc1C(=O)CCc1cccnc1. The van der Waals surface area contributed by atoms with Gasteiger partial charge in [0, 0.05) is 44.1 Å². The van der Waals surface area contributed by atoms with E-state index in [0.29, 0.717) is 43.0 Å². The van der Waals surface area contributed by atoms with E-state index in [4.69, 9.17) is 4.74 Å². The smallest absolute Gasteiger partial charge is 0.412 e. The number of nitrogens with one attached hydrogen (secondary N) is 1. The zero-order chi connectivity index (χ0) is 26.6. The lowest BCUT2D eigenvalue weighted by atomic mass is 10.1. The maximum Gasteiger partial charge on any atom is 0.412 e.